The highest BCUT2D eigenvalue weighted by Gasteiger charge is 2.20. The van der Waals surface area contributed by atoms with Crippen molar-refractivity contribution in [1.29, 1.82) is 0 Å². The van der Waals surface area contributed by atoms with Crippen LogP contribution in [0.25, 0.3) is 0 Å². The lowest BCUT2D eigenvalue weighted by atomic mass is 10.00. The van der Waals surface area contributed by atoms with Crippen molar-refractivity contribution in [2.24, 2.45) is 5.92 Å². The van der Waals surface area contributed by atoms with E-state index in [0.717, 1.165) is 5.56 Å². The Morgan fingerprint density at radius 1 is 0.960 bits per heavy atom. The second kappa shape index (κ2) is 8.37. The molecule has 25 heavy (non-hydrogen) atoms. The quantitative estimate of drug-likeness (QED) is 0.843. The van der Waals surface area contributed by atoms with E-state index in [9.17, 15) is 18.4 Å². The summed E-state index contributed by atoms with van der Waals surface area (Å²) in [6.45, 7) is 3.25. The number of benzene rings is 2. The molecule has 0 saturated heterocycles. The number of anilines is 1. The Morgan fingerprint density at radius 2 is 1.60 bits per heavy atom. The van der Waals surface area contributed by atoms with Crippen LogP contribution in [0.4, 0.5) is 14.5 Å². The number of halogens is 2. The predicted octanol–water partition coefficient (Wildman–Crippen LogP) is 3.29. The maximum absolute atomic E-state index is 13.5. The van der Waals surface area contributed by atoms with Gasteiger partial charge in [-0.3, -0.25) is 9.59 Å². The van der Waals surface area contributed by atoms with Crippen molar-refractivity contribution in [3.8, 4) is 0 Å². The third-order valence-electron chi connectivity index (χ3n) is 3.79. The van der Waals surface area contributed by atoms with Crippen LogP contribution in [0.5, 0.6) is 0 Å². The van der Waals surface area contributed by atoms with Crippen LogP contribution in [0.2, 0.25) is 0 Å². The van der Waals surface area contributed by atoms with Gasteiger partial charge in [-0.05, 0) is 43.2 Å². The maximum Gasteiger partial charge on any atom is 0.246 e. The molecular formula is C19H20F2N2O2. The van der Waals surface area contributed by atoms with Gasteiger partial charge in [0.05, 0.1) is 5.69 Å². The van der Waals surface area contributed by atoms with Crippen LogP contribution in [0.1, 0.15) is 19.4 Å². The predicted molar refractivity (Wildman–Crippen MR) is 91.9 cm³/mol. The van der Waals surface area contributed by atoms with Crippen molar-refractivity contribution in [2.75, 3.05) is 5.32 Å². The summed E-state index contributed by atoms with van der Waals surface area (Å²) < 4.78 is 26.4. The van der Waals surface area contributed by atoms with E-state index < -0.39 is 23.7 Å². The second-order valence-electron chi connectivity index (χ2n) is 5.93. The largest absolute Gasteiger partial charge is 0.344 e. The van der Waals surface area contributed by atoms with Gasteiger partial charge >= 0.3 is 0 Å². The first-order chi connectivity index (χ1) is 11.9. The van der Waals surface area contributed by atoms with Gasteiger partial charge in [0, 0.05) is 5.92 Å². The average molecular weight is 346 g/mol. The minimum absolute atomic E-state index is 0.0629. The fraction of sp³-hybridized carbons (Fsp3) is 0.263. The number of amides is 2. The Hall–Kier alpha value is -2.76. The molecule has 2 aromatic carbocycles. The molecule has 2 unspecified atom stereocenters. The first-order valence-corrected chi connectivity index (χ1v) is 7.97. The molecule has 2 N–H and O–H groups in total. The molecule has 132 valence electrons. The van der Waals surface area contributed by atoms with E-state index in [1.807, 2.05) is 0 Å². The number of hydrogen-bond donors (Lipinski definition) is 2. The standard InChI is InChI=1S/C19H20F2N2O2/c1-12(11-14-7-9-15(20)10-8-14)18(24)22-13(2)19(25)23-17-6-4-3-5-16(17)21/h3-10,12-13H,11H2,1-2H3,(H,22,24)(H,23,25). The highest BCUT2D eigenvalue weighted by Crippen LogP contribution is 2.13. The smallest absolute Gasteiger partial charge is 0.246 e. The molecule has 0 fully saturated rings. The Bertz CT molecular complexity index is 747. The fourth-order valence-electron chi connectivity index (χ4n) is 2.29. The van der Waals surface area contributed by atoms with Crippen LogP contribution in [0, 0.1) is 17.6 Å². The highest BCUT2D eigenvalue weighted by molar-refractivity contribution is 5.97. The van der Waals surface area contributed by atoms with Gasteiger partial charge in [0.2, 0.25) is 11.8 Å². The monoisotopic (exact) mass is 346 g/mol. The topological polar surface area (TPSA) is 58.2 Å². The fourth-order valence-corrected chi connectivity index (χ4v) is 2.29. The molecule has 2 amide bonds. The molecule has 0 heterocycles. The molecule has 0 aliphatic heterocycles. The van der Waals surface area contributed by atoms with Gasteiger partial charge in [-0.1, -0.05) is 31.2 Å². The molecule has 0 spiro atoms. The third kappa shape index (κ3) is 5.38. The normalized spacial score (nSPS) is 13.0. The SMILES string of the molecule is CC(Cc1ccc(F)cc1)C(=O)NC(C)C(=O)Nc1ccccc1F. The van der Waals surface area contributed by atoms with Gasteiger partial charge < -0.3 is 10.6 Å². The lowest BCUT2D eigenvalue weighted by Crippen LogP contribution is -2.44. The van der Waals surface area contributed by atoms with Gasteiger partial charge in [0.1, 0.15) is 17.7 Å². The molecular weight excluding hydrogens is 326 g/mol. The lowest BCUT2D eigenvalue weighted by molar-refractivity contribution is -0.128. The van der Waals surface area contributed by atoms with Crippen LogP contribution >= 0.6 is 0 Å². The Morgan fingerprint density at radius 3 is 2.24 bits per heavy atom. The summed E-state index contributed by atoms with van der Waals surface area (Å²) in [5.41, 5.74) is 0.889. The molecule has 0 aromatic heterocycles. The average Bonchev–Trinajstić information content (AvgIpc) is 2.58. The van der Waals surface area contributed by atoms with Crippen molar-refractivity contribution < 1.29 is 18.4 Å². The maximum atomic E-state index is 13.5. The Kier molecular flexibility index (Phi) is 6.22. The van der Waals surface area contributed by atoms with Crippen LogP contribution in [-0.4, -0.2) is 17.9 Å². The molecule has 6 heteroatoms. The summed E-state index contributed by atoms with van der Waals surface area (Å²) >= 11 is 0. The van der Waals surface area contributed by atoms with E-state index in [-0.39, 0.29) is 17.4 Å². The van der Waals surface area contributed by atoms with Crippen LogP contribution in [0.3, 0.4) is 0 Å². The summed E-state index contributed by atoms with van der Waals surface area (Å²) in [6.07, 6.45) is 0.424. The van der Waals surface area contributed by atoms with Crippen molar-refractivity contribution in [1.82, 2.24) is 5.32 Å². The van der Waals surface area contributed by atoms with Crippen molar-refractivity contribution in [3.05, 3.63) is 65.7 Å². The Labute approximate surface area is 145 Å². The minimum atomic E-state index is -0.817. The molecule has 4 nitrogen and oxygen atoms in total. The van der Waals surface area contributed by atoms with E-state index in [1.54, 1.807) is 25.1 Å². The number of carbonyl (C=O) groups excluding carboxylic acids is 2. The molecule has 2 atom stereocenters. The first-order valence-electron chi connectivity index (χ1n) is 7.97. The summed E-state index contributed by atoms with van der Waals surface area (Å²) in [5, 5.41) is 5.04. The van der Waals surface area contributed by atoms with E-state index >= 15 is 0 Å². The highest BCUT2D eigenvalue weighted by atomic mass is 19.1. The molecule has 0 saturated carbocycles. The summed E-state index contributed by atoms with van der Waals surface area (Å²) in [5.74, 6) is -2.08. The molecule has 0 aliphatic rings. The summed E-state index contributed by atoms with van der Waals surface area (Å²) in [4.78, 5) is 24.3. The zero-order chi connectivity index (χ0) is 18.4. The second-order valence-corrected chi connectivity index (χ2v) is 5.93. The first kappa shape index (κ1) is 18.6. The molecule has 0 aliphatic carbocycles. The van der Waals surface area contributed by atoms with Crippen LogP contribution in [-0.2, 0) is 16.0 Å². The summed E-state index contributed by atoms with van der Waals surface area (Å²) in [7, 11) is 0. The summed E-state index contributed by atoms with van der Waals surface area (Å²) in [6, 6.07) is 10.9. The van der Waals surface area contributed by atoms with Crippen molar-refractivity contribution in [2.45, 2.75) is 26.3 Å². The number of para-hydroxylation sites is 1. The molecule has 0 radical (unpaired) electrons. The molecule has 2 aromatic rings. The van der Waals surface area contributed by atoms with Crippen molar-refractivity contribution in [3.63, 3.8) is 0 Å². The zero-order valence-electron chi connectivity index (χ0n) is 14.1. The van der Waals surface area contributed by atoms with Gasteiger partial charge in [-0.25, -0.2) is 8.78 Å². The van der Waals surface area contributed by atoms with Crippen molar-refractivity contribution >= 4 is 17.5 Å². The third-order valence-corrected chi connectivity index (χ3v) is 3.79. The zero-order valence-corrected chi connectivity index (χ0v) is 14.1. The van der Waals surface area contributed by atoms with E-state index in [4.69, 9.17) is 0 Å². The Balaban J connectivity index is 1.89. The van der Waals surface area contributed by atoms with Gasteiger partial charge in [-0.15, -0.1) is 0 Å². The van der Waals surface area contributed by atoms with E-state index in [0.29, 0.717) is 6.42 Å². The van der Waals surface area contributed by atoms with Gasteiger partial charge in [0.25, 0.3) is 0 Å². The number of rotatable bonds is 6. The number of hydrogen-bond acceptors (Lipinski definition) is 2. The van der Waals surface area contributed by atoms with E-state index in [1.165, 1.54) is 37.3 Å². The molecule has 0 bridgehead atoms. The van der Waals surface area contributed by atoms with Crippen LogP contribution < -0.4 is 10.6 Å². The number of carbonyl (C=O) groups is 2. The number of nitrogens with one attached hydrogen (secondary N) is 2. The molecule has 2 rings (SSSR count). The van der Waals surface area contributed by atoms with Gasteiger partial charge in [-0.2, -0.15) is 0 Å². The lowest BCUT2D eigenvalue weighted by Gasteiger charge is -2.17. The van der Waals surface area contributed by atoms with E-state index in [2.05, 4.69) is 10.6 Å². The van der Waals surface area contributed by atoms with Crippen LogP contribution in [0.15, 0.2) is 48.5 Å². The van der Waals surface area contributed by atoms with Gasteiger partial charge in [0.15, 0.2) is 0 Å². The minimum Gasteiger partial charge on any atom is -0.344 e.